The highest BCUT2D eigenvalue weighted by Crippen LogP contribution is 2.40. The van der Waals surface area contributed by atoms with Crippen LogP contribution < -0.4 is 4.90 Å². The van der Waals surface area contributed by atoms with Gasteiger partial charge in [-0.1, -0.05) is 36.0 Å². The van der Waals surface area contributed by atoms with E-state index in [0.29, 0.717) is 9.95 Å². The molecule has 0 fully saturated rings. The minimum atomic E-state index is -0.574. The van der Waals surface area contributed by atoms with Gasteiger partial charge in [-0.25, -0.2) is 9.79 Å². The molecule has 0 aliphatic carbocycles. The Hall–Kier alpha value is -2.99. The number of anilines is 1. The molecule has 1 aliphatic rings. The van der Waals surface area contributed by atoms with Crippen LogP contribution in [0.5, 0.6) is 0 Å². The summed E-state index contributed by atoms with van der Waals surface area (Å²) in [6.45, 7) is 3.94. The number of esters is 1. The van der Waals surface area contributed by atoms with Crippen molar-refractivity contribution < 1.29 is 14.6 Å². The van der Waals surface area contributed by atoms with Crippen molar-refractivity contribution in [1.82, 2.24) is 0 Å². The summed E-state index contributed by atoms with van der Waals surface area (Å²) in [5.41, 5.74) is 3.90. The van der Waals surface area contributed by atoms with E-state index in [1.54, 1.807) is 6.92 Å². The van der Waals surface area contributed by atoms with E-state index >= 15 is 0 Å². The smallest absolute Gasteiger partial charge is 0.344 e. The molecule has 5 nitrogen and oxygen atoms in total. The van der Waals surface area contributed by atoms with Crippen LogP contribution in [0.25, 0.3) is 6.08 Å². The van der Waals surface area contributed by atoms with Crippen LogP contribution in [0.2, 0.25) is 0 Å². The van der Waals surface area contributed by atoms with Crippen molar-refractivity contribution in [2.45, 2.75) is 13.8 Å². The van der Waals surface area contributed by atoms with Gasteiger partial charge in [-0.05, 0) is 55.3 Å². The number of carbonyl (C=O) groups excluding carboxylic acids is 1. The molecule has 2 aromatic carbocycles. The summed E-state index contributed by atoms with van der Waals surface area (Å²) in [5, 5.41) is 11.2. The first-order valence-corrected chi connectivity index (χ1v) is 10.1. The molecule has 0 unspecified atom stereocenters. The second kappa shape index (κ2) is 9.01. The minimum absolute atomic E-state index is 0.100. The van der Waals surface area contributed by atoms with Crippen molar-refractivity contribution in [3.05, 3.63) is 75.9 Å². The normalized spacial score (nSPS) is 16.6. The average Bonchev–Trinajstić information content (AvgIpc) is 2.97. The Kier molecular flexibility index (Phi) is 6.44. The van der Waals surface area contributed by atoms with E-state index in [9.17, 15) is 9.90 Å². The largest absolute Gasteiger partial charge is 0.506 e. The Morgan fingerprint density at radius 3 is 2.55 bits per heavy atom. The lowest BCUT2D eigenvalue weighted by Gasteiger charge is -2.11. The van der Waals surface area contributed by atoms with E-state index in [4.69, 9.17) is 4.74 Å². The maximum atomic E-state index is 12.5. The number of aliphatic imine (C=N–C) groups is 1. The first-order chi connectivity index (χ1) is 13.9. The molecule has 0 radical (unpaired) electrons. The number of carbonyl (C=O) groups is 1. The Morgan fingerprint density at radius 2 is 1.93 bits per heavy atom. The molecule has 0 saturated heterocycles. The fourth-order valence-electron chi connectivity index (χ4n) is 2.83. The highest BCUT2D eigenvalue weighted by atomic mass is 32.2. The van der Waals surface area contributed by atoms with Crippen LogP contribution in [0, 0.1) is 6.92 Å². The zero-order valence-electron chi connectivity index (χ0n) is 17.0. The van der Waals surface area contributed by atoms with Crippen LogP contribution in [0.1, 0.15) is 18.1 Å². The molecule has 1 N–H and O–H groups in total. The van der Waals surface area contributed by atoms with Gasteiger partial charge in [0.2, 0.25) is 0 Å². The van der Waals surface area contributed by atoms with Gasteiger partial charge in [-0.15, -0.1) is 0 Å². The summed E-state index contributed by atoms with van der Waals surface area (Å²) in [6.07, 6.45) is 1.84. The molecule has 0 saturated carbocycles. The Balaban J connectivity index is 2.00. The van der Waals surface area contributed by atoms with Crippen molar-refractivity contribution in [1.29, 1.82) is 0 Å². The molecule has 1 heterocycles. The van der Waals surface area contributed by atoms with E-state index < -0.39 is 5.97 Å². The molecule has 150 valence electrons. The predicted octanol–water partition coefficient (Wildman–Crippen LogP) is 5.25. The molecule has 3 rings (SSSR count). The van der Waals surface area contributed by atoms with Gasteiger partial charge >= 0.3 is 5.97 Å². The Labute approximate surface area is 175 Å². The van der Waals surface area contributed by atoms with Crippen LogP contribution >= 0.6 is 11.8 Å². The second-order valence-corrected chi connectivity index (χ2v) is 7.83. The van der Waals surface area contributed by atoms with Crippen molar-refractivity contribution >= 4 is 40.2 Å². The van der Waals surface area contributed by atoms with E-state index in [-0.39, 0.29) is 17.9 Å². The molecule has 0 atom stereocenters. The van der Waals surface area contributed by atoms with Crippen molar-refractivity contribution in [3.8, 4) is 0 Å². The van der Waals surface area contributed by atoms with Crippen LogP contribution in [0.3, 0.4) is 0 Å². The van der Waals surface area contributed by atoms with E-state index in [1.807, 2.05) is 80.5 Å². The van der Waals surface area contributed by atoms with Crippen molar-refractivity contribution in [2.24, 2.45) is 4.99 Å². The summed E-state index contributed by atoms with van der Waals surface area (Å²) >= 11 is 1.26. The van der Waals surface area contributed by atoms with Crippen LogP contribution in [0.4, 0.5) is 11.4 Å². The van der Waals surface area contributed by atoms with E-state index in [2.05, 4.69) is 4.99 Å². The molecule has 0 aromatic heterocycles. The predicted molar refractivity (Wildman–Crippen MR) is 121 cm³/mol. The molecule has 0 spiro atoms. The van der Waals surface area contributed by atoms with Gasteiger partial charge in [-0.3, -0.25) is 0 Å². The van der Waals surface area contributed by atoms with E-state index in [0.717, 1.165) is 22.5 Å². The topological polar surface area (TPSA) is 62.1 Å². The zero-order valence-corrected chi connectivity index (χ0v) is 17.8. The molecule has 2 aromatic rings. The number of aryl methyl sites for hydroxylation is 1. The van der Waals surface area contributed by atoms with Gasteiger partial charge in [0.15, 0.2) is 0 Å². The quantitative estimate of drug-likeness (QED) is 0.684. The summed E-state index contributed by atoms with van der Waals surface area (Å²) in [4.78, 5) is 19.7. The number of rotatable bonds is 5. The number of hydrogen-bond acceptors (Lipinski definition) is 6. The first-order valence-electron chi connectivity index (χ1n) is 9.32. The monoisotopic (exact) mass is 408 g/mol. The fraction of sp³-hybridized carbons (Fsp3) is 0.217. The van der Waals surface area contributed by atoms with Crippen LogP contribution in [-0.2, 0) is 9.53 Å². The number of hydrogen-bond donors (Lipinski definition) is 1. The lowest BCUT2D eigenvalue weighted by Crippen LogP contribution is -2.12. The molecule has 1 aliphatic heterocycles. The highest BCUT2D eigenvalue weighted by molar-refractivity contribution is 8.18. The number of nitrogens with zero attached hydrogens (tertiary/aromatic N) is 2. The van der Waals surface area contributed by atoms with Gasteiger partial charge in [0.1, 0.15) is 16.4 Å². The molecular formula is C23H24N2O3S. The molecule has 0 amide bonds. The van der Waals surface area contributed by atoms with Crippen molar-refractivity contribution in [3.63, 3.8) is 0 Å². The lowest BCUT2D eigenvalue weighted by molar-refractivity contribution is -0.138. The fourth-order valence-corrected chi connectivity index (χ4v) is 3.86. The maximum absolute atomic E-state index is 12.5. The number of ether oxygens (including phenoxy) is 1. The van der Waals surface area contributed by atoms with Crippen LogP contribution in [-0.4, -0.2) is 36.8 Å². The number of aliphatic hydroxyl groups excluding tert-OH is 1. The minimum Gasteiger partial charge on any atom is -0.506 e. The Morgan fingerprint density at radius 1 is 1.21 bits per heavy atom. The summed E-state index contributed by atoms with van der Waals surface area (Å²) in [5.74, 6) is -0.674. The molecular weight excluding hydrogens is 384 g/mol. The Bertz CT molecular complexity index is 1010. The number of thioether (sulfide) groups is 1. The first kappa shape index (κ1) is 20.7. The standard InChI is InChI=1S/C23H24N2O3S/c1-5-28-23(27)20-21(26)19(14-16-9-11-18(12-10-16)25(3)4)29-22(20)24-17-8-6-7-15(2)13-17/h6-14,26H,5H2,1-4H3/b19-14-,24-22?. The van der Waals surface area contributed by atoms with Crippen LogP contribution in [0.15, 0.2) is 69.8 Å². The highest BCUT2D eigenvalue weighted by Gasteiger charge is 2.33. The molecule has 29 heavy (non-hydrogen) atoms. The number of benzene rings is 2. The van der Waals surface area contributed by atoms with Gasteiger partial charge in [0, 0.05) is 19.8 Å². The van der Waals surface area contributed by atoms with Gasteiger partial charge in [0.05, 0.1) is 17.2 Å². The SMILES string of the molecule is CCOC(=O)C1=C(O)/C(=C/c2ccc(N(C)C)cc2)SC1=Nc1cccc(C)c1. The van der Waals surface area contributed by atoms with E-state index in [1.165, 1.54) is 11.8 Å². The van der Waals surface area contributed by atoms with Gasteiger partial charge in [0.25, 0.3) is 0 Å². The second-order valence-electron chi connectivity index (χ2n) is 6.80. The third kappa shape index (κ3) is 4.90. The molecule has 0 bridgehead atoms. The summed E-state index contributed by atoms with van der Waals surface area (Å²) in [6, 6.07) is 15.6. The lowest BCUT2D eigenvalue weighted by atomic mass is 10.1. The number of aliphatic hydroxyl groups is 1. The molecule has 6 heteroatoms. The third-order valence-electron chi connectivity index (χ3n) is 4.31. The maximum Gasteiger partial charge on any atom is 0.344 e. The van der Waals surface area contributed by atoms with Gasteiger partial charge in [-0.2, -0.15) is 0 Å². The zero-order chi connectivity index (χ0) is 21.0. The summed E-state index contributed by atoms with van der Waals surface area (Å²) < 4.78 is 5.14. The van der Waals surface area contributed by atoms with Gasteiger partial charge < -0.3 is 14.7 Å². The average molecular weight is 409 g/mol. The summed E-state index contributed by atoms with van der Waals surface area (Å²) in [7, 11) is 3.96. The van der Waals surface area contributed by atoms with Crippen molar-refractivity contribution in [2.75, 3.05) is 25.6 Å². The third-order valence-corrected chi connectivity index (χ3v) is 5.33.